The van der Waals surface area contributed by atoms with Crippen LogP contribution in [-0.4, -0.2) is 55.0 Å². The number of morpholine rings is 1. The van der Waals surface area contributed by atoms with Crippen molar-refractivity contribution < 1.29 is 14.3 Å². The van der Waals surface area contributed by atoms with E-state index >= 15 is 0 Å². The SMILES string of the molecule is CC(C)(C)OC(=O)N1CCO[C@@H]2CNCC21. The van der Waals surface area contributed by atoms with Gasteiger partial charge in [-0.3, -0.25) is 4.90 Å². The monoisotopic (exact) mass is 228 g/mol. The van der Waals surface area contributed by atoms with E-state index in [0.29, 0.717) is 13.2 Å². The second-order valence-electron chi connectivity index (χ2n) is 5.31. The largest absolute Gasteiger partial charge is 0.444 e. The first-order valence-electron chi connectivity index (χ1n) is 5.79. The first-order valence-corrected chi connectivity index (χ1v) is 5.79. The summed E-state index contributed by atoms with van der Waals surface area (Å²) in [6, 6.07) is 0.128. The number of ether oxygens (including phenoxy) is 2. The van der Waals surface area contributed by atoms with Crippen molar-refractivity contribution >= 4 is 6.09 Å². The topological polar surface area (TPSA) is 50.8 Å². The van der Waals surface area contributed by atoms with Gasteiger partial charge in [-0.2, -0.15) is 0 Å². The van der Waals surface area contributed by atoms with Crippen LogP contribution >= 0.6 is 0 Å². The summed E-state index contributed by atoms with van der Waals surface area (Å²) in [5.74, 6) is 0. The fourth-order valence-electron chi connectivity index (χ4n) is 2.14. The van der Waals surface area contributed by atoms with Crippen LogP contribution in [0.3, 0.4) is 0 Å². The fourth-order valence-corrected chi connectivity index (χ4v) is 2.14. The lowest BCUT2D eigenvalue weighted by atomic mass is 10.1. The zero-order valence-electron chi connectivity index (χ0n) is 10.2. The van der Waals surface area contributed by atoms with E-state index in [9.17, 15) is 4.79 Å². The number of hydrogen-bond donors (Lipinski definition) is 1. The Morgan fingerprint density at radius 3 is 2.88 bits per heavy atom. The van der Waals surface area contributed by atoms with Crippen molar-refractivity contribution in [3.8, 4) is 0 Å². The van der Waals surface area contributed by atoms with Crippen LogP contribution in [0, 0.1) is 0 Å². The molecule has 1 amide bonds. The molecule has 2 saturated heterocycles. The van der Waals surface area contributed by atoms with E-state index in [1.54, 1.807) is 4.90 Å². The first kappa shape index (κ1) is 11.7. The molecule has 0 aromatic carbocycles. The molecule has 92 valence electrons. The van der Waals surface area contributed by atoms with Crippen molar-refractivity contribution in [2.75, 3.05) is 26.2 Å². The Kier molecular flexibility index (Phi) is 3.08. The number of rotatable bonds is 0. The van der Waals surface area contributed by atoms with Crippen molar-refractivity contribution in [2.24, 2.45) is 0 Å². The van der Waals surface area contributed by atoms with E-state index in [4.69, 9.17) is 9.47 Å². The first-order chi connectivity index (χ1) is 7.47. The van der Waals surface area contributed by atoms with E-state index in [1.807, 2.05) is 20.8 Å². The Balaban J connectivity index is 2.00. The molecule has 0 aliphatic carbocycles. The van der Waals surface area contributed by atoms with E-state index in [0.717, 1.165) is 13.1 Å². The van der Waals surface area contributed by atoms with Gasteiger partial charge in [-0.25, -0.2) is 4.79 Å². The van der Waals surface area contributed by atoms with Gasteiger partial charge in [0.05, 0.1) is 18.8 Å². The number of fused-ring (bicyclic) bond motifs is 1. The van der Waals surface area contributed by atoms with Crippen LogP contribution < -0.4 is 5.32 Å². The lowest BCUT2D eigenvalue weighted by Crippen LogP contribution is -2.54. The third-order valence-corrected chi connectivity index (χ3v) is 2.82. The Morgan fingerprint density at radius 1 is 1.44 bits per heavy atom. The predicted molar refractivity (Wildman–Crippen MR) is 59.3 cm³/mol. The number of hydrogen-bond acceptors (Lipinski definition) is 4. The Hall–Kier alpha value is -0.810. The predicted octanol–water partition coefficient (Wildman–Crippen LogP) is 0.594. The average Bonchev–Trinajstić information content (AvgIpc) is 2.61. The van der Waals surface area contributed by atoms with Crippen LogP contribution in [-0.2, 0) is 9.47 Å². The molecule has 2 aliphatic heterocycles. The molecule has 0 saturated carbocycles. The minimum Gasteiger partial charge on any atom is -0.444 e. The van der Waals surface area contributed by atoms with Gasteiger partial charge in [-0.15, -0.1) is 0 Å². The smallest absolute Gasteiger partial charge is 0.410 e. The molecular weight excluding hydrogens is 208 g/mol. The van der Waals surface area contributed by atoms with Crippen LogP contribution in [0.15, 0.2) is 0 Å². The zero-order valence-corrected chi connectivity index (χ0v) is 10.2. The number of carbonyl (C=O) groups is 1. The van der Waals surface area contributed by atoms with Crippen LogP contribution in [0.2, 0.25) is 0 Å². The fraction of sp³-hybridized carbons (Fsp3) is 0.909. The lowest BCUT2D eigenvalue weighted by Gasteiger charge is -2.37. The number of nitrogens with one attached hydrogen (secondary N) is 1. The summed E-state index contributed by atoms with van der Waals surface area (Å²) in [6.45, 7) is 8.49. The Morgan fingerprint density at radius 2 is 2.19 bits per heavy atom. The van der Waals surface area contributed by atoms with Gasteiger partial charge in [-0.05, 0) is 20.8 Å². The van der Waals surface area contributed by atoms with E-state index in [1.165, 1.54) is 0 Å². The Bertz CT molecular complexity index is 275. The van der Waals surface area contributed by atoms with Crippen LogP contribution in [0.4, 0.5) is 4.79 Å². The second kappa shape index (κ2) is 4.22. The van der Waals surface area contributed by atoms with Crippen molar-refractivity contribution in [1.82, 2.24) is 10.2 Å². The lowest BCUT2D eigenvalue weighted by molar-refractivity contribution is -0.0567. The highest BCUT2D eigenvalue weighted by Gasteiger charge is 2.39. The third kappa shape index (κ3) is 2.47. The van der Waals surface area contributed by atoms with Gasteiger partial charge in [0.25, 0.3) is 0 Å². The summed E-state index contributed by atoms with van der Waals surface area (Å²) < 4.78 is 11.0. The normalized spacial score (nSPS) is 30.1. The summed E-state index contributed by atoms with van der Waals surface area (Å²) in [4.78, 5) is 13.8. The maximum atomic E-state index is 12.0. The van der Waals surface area contributed by atoms with E-state index in [-0.39, 0.29) is 18.2 Å². The second-order valence-corrected chi connectivity index (χ2v) is 5.31. The quantitative estimate of drug-likeness (QED) is 0.659. The summed E-state index contributed by atoms with van der Waals surface area (Å²) >= 11 is 0. The maximum absolute atomic E-state index is 12.0. The molecule has 2 fully saturated rings. The van der Waals surface area contributed by atoms with Gasteiger partial charge in [0.2, 0.25) is 0 Å². The molecule has 0 bridgehead atoms. The summed E-state index contributed by atoms with van der Waals surface area (Å²) in [6.07, 6.45) is -0.101. The molecule has 5 heteroatoms. The van der Waals surface area contributed by atoms with Gasteiger partial charge >= 0.3 is 6.09 Å². The average molecular weight is 228 g/mol. The molecule has 2 rings (SSSR count). The summed E-state index contributed by atoms with van der Waals surface area (Å²) in [5, 5.41) is 3.24. The minimum atomic E-state index is -0.434. The van der Waals surface area contributed by atoms with Crippen molar-refractivity contribution in [3.63, 3.8) is 0 Å². The van der Waals surface area contributed by atoms with Crippen molar-refractivity contribution in [2.45, 2.75) is 38.5 Å². The molecule has 5 nitrogen and oxygen atoms in total. The molecule has 0 radical (unpaired) electrons. The van der Waals surface area contributed by atoms with Gasteiger partial charge in [0.15, 0.2) is 0 Å². The van der Waals surface area contributed by atoms with Crippen LogP contribution in [0.25, 0.3) is 0 Å². The van der Waals surface area contributed by atoms with Gasteiger partial charge in [0, 0.05) is 19.6 Å². The molecule has 0 spiro atoms. The molecular formula is C11H20N2O3. The minimum absolute atomic E-state index is 0.126. The van der Waals surface area contributed by atoms with Crippen molar-refractivity contribution in [3.05, 3.63) is 0 Å². The van der Waals surface area contributed by atoms with Gasteiger partial charge in [0.1, 0.15) is 5.60 Å². The Labute approximate surface area is 96.1 Å². The summed E-state index contributed by atoms with van der Waals surface area (Å²) in [5.41, 5.74) is -0.434. The number of carbonyl (C=O) groups excluding carboxylic acids is 1. The van der Waals surface area contributed by atoms with E-state index < -0.39 is 5.60 Å². The molecule has 2 heterocycles. The maximum Gasteiger partial charge on any atom is 0.410 e. The number of nitrogens with zero attached hydrogens (tertiary/aromatic N) is 1. The highest BCUT2D eigenvalue weighted by atomic mass is 16.6. The molecule has 2 atom stereocenters. The zero-order chi connectivity index (χ0) is 11.8. The highest BCUT2D eigenvalue weighted by Crippen LogP contribution is 2.20. The molecule has 2 aliphatic rings. The molecule has 16 heavy (non-hydrogen) atoms. The third-order valence-electron chi connectivity index (χ3n) is 2.82. The molecule has 1 N–H and O–H groups in total. The summed E-state index contributed by atoms with van der Waals surface area (Å²) in [7, 11) is 0. The molecule has 0 aromatic heterocycles. The highest BCUT2D eigenvalue weighted by molar-refractivity contribution is 5.69. The van der Waals surface area contributed by atoms with Crippen LogP contribution in [0.5, 0.6) is 0 Å². The number of amides is 1. The van der Waals surface area contributed by atoms with Crippen molar-refractivity contribution in [1.29, 1.82) is 0 Å². The molecule has 0 aromatic rings. The van der Waals surface area contributed by atoms with E-state index in [2.05, 4.69) is 5.32 Å². The standard InChI is InChI=1S/C11H20N2O3/c1-11(2,3)16-10(14)13-4-5-15-9-7-12-6-8(9)13/h8-9,12H,4-7H2,1-3H3/t8?,9-/m1/s1. The van der Waals surface area contributed by atoms with Gasteiger partial charge < -0.3 is 14.8 Å². The van der Waals surface area contributed by atoms with Crippen LogP contribution in [0.1, 0.15) is 20.8 Å². The van der Waals surface area contributed by atoms with Gasteiger partial charge in [-0.1, -0.05) is 0 Å². The molecule has 1 unspecified atom stereocenters.